The molecule has 0 aromatic heterocycles. The molecule has 0 aliphatic carbocycles. The van der Waals surface area contributed by atoms with E-state index in [0.717, 1.165) is 87.7 Å². The lowest BCUT2D eigenvalue weighted by molar-refractivity contribution is -0.131. The summed E-state index contributed by atoms with van der Waals surface area (Å²) >= 11 is 0. The van der Waals surface area contributed by atoms with E-state index in [1.54, 1.807) is 70.2 Å². The maximum absolute atomic E-state index is 13.1. The fourth-order valence-electron chi connectivity index (χ4n) is 8.37. The maximum Gasteiger partial charge on any atom is 0.502 e. The normalized spacial score (nSPS) is 22.1. The highest BCUT2D eigenvalue weighted by molar-refractivity contribution is 7.47. The lowest BCUT2D eigenvalue weighted by Crippen LogP contribution is -2.49. The molecule has 19 nitrogen and oxygen atoms in total. The lowest BCUT2D eigenvalue weighted by atomic mass is 9.88. The van der Waals surface area contributed by atoms with Crippen LogP contribution in [0.15, 0.2) is 54.6 Å². The quantitative estimate of drug-likeness (QED) is 0.161. The Morgan fingerprint density at radius 3 is 1.48 bits per heavy atom. The minimum Gasteiger partial charge on any atom is -0.487 e. The Morgan fingerprint density at radius 2 is 1.13 bits per heavy atom. The van der Waals surface area contributed by atoms with E-state index >= 15 is 0 Å². The first-order valence-electron chi connectivity index (χ1n) is 23.2. The Labute approximate surface area is 416 Å². The Bertz CT molecular complexity index is 2450. The van der Waals surface area contributed by atoms with E-state index in [-0.39, 0.29) is 42.2 Å². The summed E-state index contributed by atoms with van der Waals surface area (Å²) < 4.78 is 51.5. The number of nitrogens with zero attached hydrogens (tertiary/aromatic N) is 4. The number of nitrogens with one attached hydrogen (secondary N) is 2. The number of carbonyl (C=O) groups is 3. The van der Waals surface area contributed by atoms with Crippen molar-refractivity contribution in [1.29, 1.82) is 15.8 Å². The largest absolute Gasteiger partial charge is 0.502 e. The van der Waals surface area contributed by atoms with Crippen LogP contribution >= 0.6 is 15.9 Å². The first-order valence-corrected chi connectivity index (χ1v) is 26.3. The number of aliphatic hydroxyl groups excluding tert-OH is 1. The maximum atomic E-state index is 13.1. The van der Waals surface area contributed by atoms with Crippen molar-refractivity contribution in [1.82, 2.24) is 15.5 Å². The fraction of sp³-hybridized carbons (Fsp3) is 0.520. The Kier molecular flexibility index (Phi) is 20.7. The average molecular weight is 1020 g/mol. The third-order valence-electron chi connectivity index (χ3n) is 11.9. The number of ether oxygens (including phenoxy) is 3. The smallest absolute Gasteiger partial charge is 0.487 e. The molecule has 21 heteroatoms. The number of phosphoric ester groups is 1. The van der Waals surface area contributed by atoms with Crippen LogP contribution in [0.1, 0.15) is 126 Å². The highest BCUT2D eigenvalue weighted by Gasteiger charge is 2.47. The van der Waals surface area contributed by atoms with Crippen LogP contribution in [0.5, 0.6) is 17.2 Å². The number of carbonyl (C=O) groups excluding carboxylic acids is 3. The number of fused-ring (bicyclic) bond motifs is 3. The number of phosphoric acid groups is 1. The van der Waals surface area contributed by atoms with E-state index in [1.807, 2.05) is 30.9 Å². The monoisotopic (exact) mass is 1020 g/mol. The van der Waals surface area contributed by atoms with Gasteiger partial charge in [-0.3, -0.25) is 23.4 Å². The topological polar surface area (TPSA) is 291 Å². The van der Waals surface area contributed by atoms with E-state index in [2.05, 4.69) is 28.8 Å². The number of benzene rings is 3. The van der Waals surface area contributed by atoms with Gasteiger partial charge in [0.2, 0.25) is 17.7 Å². The average Bonchev–Trinajstić information content (AvgIpc) is 4.11. The van der Waals surface area contributed by atoms with E-state index in [1.165, 1.54) is 6.66 Å². The van der Waals surface area contributed by atoms with Gasteiger partial charge >= 0.3 is 15.9 Å². The summed E-state index contributed by atoms with van der Waals surface area (Å²) in [6, 6.07) is 22.0. The summed E-state index contributed by atoms with van der Waals surface area (Å²) in [7, 11) is -5.41. The molecule has 6 aliphatic rings. The van der Waals surface area contributed by atoms with Gasteiger partial charge in [-0.1, -0.05) is 0 Å². The van der Waals surface area contributed by atoms with Crippen molar-refractivity contribution in [2.24, 2.45) is 0 Å². The molecule has 3 aromatic carbocycles. The van der Waals surface area contributed by atoms with Gasteiger partial charge in [-0.25, -0.2) is 4.57 Å². The summed E-state index contributed by atoms with van der Waals surface area (Å²) in [6.45, 7) is 15.0. The number of likely N-dealkylation sites (tertiary alicyclic amines) is 1. The van der Waals surface area contributed by atoms with Crippen LogP contribution in [0.3, 0.4) is 0 Å². The zero-order chi connectivity index (χ0) is 52.7. The second-order valence-electron chi connectivity index (χ2n) is 18.9. The molecule has 9 rings (SSSR count). The van der Waals surface area contributed by atoms with E-state index in [4.69, 9.17) is 43.1 Å². The number of rotatable bonds is 5. The molecule has 0 bridgehead atoms. The van der Waals surface area contributed by atoms with Gasteiger partial charge < -0.3 is 39.7 Å². The molecule has 3 saturated heterocycles. The zero-order valence-corrected chi connectivity index (χ0v) is 43.3. The molecule has 0 saturated carbocycles. The van der Waals surface area contributed by atoms with Crippen LogP contribution in [0, 0.1) is 34.0 Å². The van der Waals surface area contributed by atoms with Crippen molar-refractivity contribution in [2.75, 3.05) is 33.4 Å². The lowest BCUT2D eigenvalue weighted by Gasteiger charge is -2.42. The summed E-state index contributed by atoms with van der Waals surface area (Å²) in [5.74, 6) is 2.63. The van der Waals surface area contributed by atoms with Gasteiger partial charge in [0.15, 0.2) is 6.66 Å². The van der Waals surface area contributed by atoms with Crippen LogP contribution < -0.4 is 24.8 Å². The second kappa shape index (κ2) is 25.5. The predicted octanol–water partition coefficient (Wildman–Crippen LogP) is 6.96. The summed E-state index contributed by atoms with van der Waals surface area (Å²) in [4.78, 5) is 52.5. The first-order chi connectivity index (χ1) is 33.4. The molecule has 3 amide bonds. The third-order valence-corrected chi connectivity index (χ3v) is 12.9. The van der Waals surface area contributed by atoms with Crippen molar-refractivity contribution in [3.8, 4) is 35.5 Å². The summed E-state index contributed by atoms with van der Waals surface area (Å²) in [6.07, 6.45) is 4.82. The molecule has 3 aromatic rings. The Morgan fingerprint density at radius 1 is 0.704 bits per heavy atom. The van der Waals surface area contributed by atoms with Crippen LogP contribution in [0.25, 0.3) is 0 Å². The highest BCUT2D eigenvalue weighted by Crippen LogP contribution is 2.52. The first kappa shape index (κ1) is 57.6. The molecule has 6 aliphatic heterocycles. The molecular weight excluding hydrogens is 955 g/mol. The van der Waals surface area contributed by atoms with Gasteiger partial charge in [0, 0.05) is 70.8 Å². The predicted molar refractivity (Wildman–Crippen MR) is 261 cm³/mol. The summed E-state index contributed by atoms with van der Waals surface area (Å²) in [5.41, 5.74) is 1.85. The number of amides is 3. The van der Waals surface area contributed by atoms with E-state index in [9.17, 15) is 34.4 Å². The molecule has 0 spiro atoms. The van der Waals surface area contributed by atoms with Crippen molar-refractivity contribution < 1.29 is 61.7 Å². The summed E-state index contributed by atoms with van der Waals surface area (Å²) in [5, 5.41) is 39.8. The standard InChI is InChI=1S/C24H25N2O6P.C16H18N2O2.2C4H7NO.CH3O2P.CH4O/c1-23(2)21(11-17-9-15(13-25)5-7-19(17)29-23)31-33(27,28)32-22-12-18-10-16(14-26)6-8-20(18)30-24(22,3)4;1-16(2)9-13(18-7-3-4-15(18)19)12-8-11(10-17)5-6-14(12)20-16;2*6-4-2-1-3-5-4;1-4(2)3;1-2/h5-10,21-22H,11-12H2,1-4H3,(H,27,28);5-6,8,13H,3-4,7,9H2,1-2H3;2*1-3H2,(H,5,6);1H3;2H,1H3/p+1/t21-,22+;13-;;;;/m.0..../s1. The van der Waals surface area contributed by atoms with Gasteiger partial charge in [0.25, 0.3) is 0 Å². The Balaban J connectivity index is 0.000000240. The molecule has 3 fully saturated rings. The Hall–Kier alpha value is -5.93. The molecule has 71 heavy (non-hydrogen) atoms. The number of nitriles is 3. The van der Waals surface area contributed by atoms with Gasteiger partial charge in [0.1, 0.15) is 46.3 Å². The van der Waals surface area contributed by atoms with Crippen LogP contribution in [0.2, 0.25) is 0 Å². The molecule has 5 atom stereocenters. The highest BCUT2D eigenvalue weighted by atomic mass is 31.2. The van der Waals surface area contributed by atoms with Crippen LogP contribution in [-0.2, 0) is 45.4 Å². The van der Waals surface area contributed by atoms with Gasteiger partial charge in [0.05, 0.1) is 40.9 Å². The molecular formula is C50H65N6O13P2+. The molecule has 5 N–H and O–H groups in total. The van der Waals surface area contributed by atoms with E-state index < -0.39 is 39.3 Å². The van der Waals surface area contributed by atoms with Crippen LogP contribution in [0.4, 0.5) is 0 Å². The van der Waals surface area contributed by atoms with Gasteiger partial charge in [-0.2, -0.15) is 20.7 Å². The SMILES string of the molecule is CC1(C)C[C@H](N2CCCC2=O)c2cc(C#N)ccc2O1.CC1(C)Oc2ccc(C#N)cc2C[C@@H]1OP(=O)(O)O[C@@H]1Cc2cc(C#N)ccc2OC1(C)C.CO.C[P+](=O)O.O=C1CCCN1.O=C1CCCN1. The van der Waals surface area contributed by atoms with Crippen molar-refractivity contribution in [2.45, 2.75) is 134 Å². The number of hydrogen-bond acceptors (Lipinski definition) is 14. The molecule has 2 unspecified atom stereocenters. The molecule has 6 heterocycles. The van der Waals surface area contributed by atoms with Crippen molar-refractivity contribution in [3.63, 3.8) is 0 Å². The van der Waals surface area contributed by atoms with E-state index in [0.29, 0.717) is 34.6 Å². The number of aliphatic hydroxyl groups is 1. The van der Waals surface area contributed by atoms with Gasteiger partial charge in [-0.15, -0.1) is 0 Å². The third kappa shape index (κ3) is 16.8. The minimum atomic E-state index is -4.54. The molecule has 382 valence electrons. The number of hydrogen-bond donors (Lipinski definition) is 5. The fourth-order valence-corrected chi connectivity index (χ4v) is 9.72. The van der Waals surface area contributed by atoms with Crippen LogP contribution in [-0.4, -0.2) is 99.9 Å². The second-order valence-corrected chi connectivity index (χ2v) is 21.1. The van der Waals surface area contributed by atoms with Crippen molar-refractivity contribution >= 4 is 33.6 Å². The molecule has 0 radical (unpaired) electrons. The minimum absolute atomic E-state index is 0.0250. The van der Waals surface area contributed by atoms with Gasteiger partial charge in [-0.05, 0) is 131 Å². The van der Waals surface area contributed by atoms with Crippen molar-refractivity contribution in [3.05, 3.63) is 88.0 Å². The zero-order valence-electron chi connectivity index (χ0n) is 41.5.